The monoisotopic (exact) mass is 325 g/mol. The topological polar surface area (TPSA) is 57.6 Å². The van der Waals surface area contributed by atoms with E-state index in [1.54, 1.807) is 12.1 Å². The van der Waals surface area contributed by atoms with Crippen molar-refractivity contribution in [3.63, 3.8) is 0 Å². The van der Waals surface area contributed by atoms with Crippen LogP contribution in [0, 0.1) is 5.82 Å². The number of halogens is 1. The van der Waals surface area contributed by atoms with Crippen LogP contribution in [0.15, 0.2) is 24.3 Å². The van der Waals surface area contributed by atoms with Crippen LogP contribution in [0.4, 0.5) is 4.39 Å². The van der Waals surface area contributed by atoms with E-state index in [2.05, 4.69) is 0 Å². The maximum Gasteiger partial charge on any atom is 0.327 e. The zero-order valence-corrected chi connectivity index (χ0v) is 12.5. The minimum atomic E-state index is -0.984. The molecule has 3 rings (SSSR count). The molecule has 0 aliphatic carbocycles. The molecule has 1 aliphatic heterocycles. The molecule has 1 N–H and O–H groups in total. The molecule has 1 aliphatic rings. The molecule has 1 unspecified atom stereocenters. The van der Waals surface area contributed by atoms with Crippen LogP contribution in [0.2, 0.25) is 0 Å². The normalized spacial score (nSPS) is 18.9. The van der Waals surface area contributed by atoms with Gasteiger partial charge in [0, 0.05) is 22.8 Å². The minimum absolute atomic E-state index is 0.288. The standard InChI is InChI=1S/C14H12FNO3S2/c15-9-2-1-8-5-12(21-11(8)6-9)13(17)16-3-4-20-7-10(16)14(18)19/h1-2,5-6,10H,3-4,7H2,(H,18,19). The molecule has 7 heteroatoms. The van der Waals surface area contributed by atoms with Crippen molar-refractivity contribution >= 4 is 45.1 Å². The molecule has 2 heterocycles. The van der Waals surface area contributed by atoms with Crippen LogP contribution >= 0.6 is 23.1 Å². The van der Waals surface area contributed by atoms with Crippen LogP contribution in [0.1, 0.15) is 9.67 Å². The number of hydrogen-bond acceptors (Lipinski definition) is 4. The summed E-state index contributed by atoms with van der Waals surface area (Å²) < 4.78 is 13.9. The maximum atomic E-state index is 13.2. The van der Waals surface area contributed by atoms with E-state index in [0.717, 1.165) is 11.1 Å². The molecule has 2 aromatic rings. The third-order valence-corrected chi connectivity index (χ3v) is 5.48. The molecule has 110 valence electrons. The number of amides is 1. The molecule has 21 heavy (non-hydrogen) atoms. The lowest BCUT2D eigenvalue weighted by molar-refractivity contribution is -0.141. The molecule has 1 aromatic heterocycles. The zero-order chi connectivity index (χ0) is 15.0. The van der Waals surface area contributed by atoms with E-state index in [1.165, 1.54) is 40.1 Å². The number of carbonyl (C=O) groups is 2. The number of carbonyl (C=O) groups excluding carboxylic acids is 1. The highest BCUT2D eigenvalue weighted by Gasteiger charge is 2.33. The number of rotatable bonds is 2. The molecule has 0 saturated carbocycles. The fourth-order valence-electron chi connectivity index (χ4n) is 2.30. The summed E-state index contributed by atoms with van der Waals surface area (Å²) in [6.45, 7) is 0.420. The van der Waals surface area contributed by atoms with Crippen molar-refractivity contribution < 1.29 is 19.1 Å². The van der Waals surface area contributed by atoms with Gasteiger partial charge in [-0.25, -0.2) is 9.18 Å². The lowest BCUT2D eigenvalue weighted by Gasteiger charge is -2.32. The summed E-state index contributed by atoms with van der Waals surface area (Å²) in [6, 6.07) is 5.26. The average molecular weight is 325 g/mol. The third-order valence-electron chi connectivity index (χ3n) is 3.37. The highest BCUT2D eigenvalue weighted by Crippen LogP contribution is 2.29. The van der Waals surface area contributed by atoms with Crippen LogP contribution in [0.25, 0.3) is 10.1 Å². The quantitative estimate of drug-likeness (QED) is 0.922. The number of hydrogen-bond donors (Lipinski definition) is 1. The smallest absolute Gasteiger partial charge is 0.327 e. The lowest BCUT2D eigenvalue weighted by atomic mass is 10.2. The fraction of sp³-hybridized carbons (Fsp3) is 0.286. The lowest BCUT2D eigenvalue weighted by Crippen LogP contribution is -2.50. The van der Waals surface area contributed by atoms with Crippen molar-refractivity contribution in [3.8, 4) is 0 Å². The number of carboxylic acids is 1. The fourth-order valence-corrected chi connectivity index (χ4v) is 4.39. The first kappa shape index (κ1) is 14.3. The number of nitrogens with zero attached hydrogens (tertiary/aromatic N) is 1. The van der Waals surface area contributed by atoms with Crippen molar-refractivity contribution in [2.45, 2.75) is 6.04 Å². The maximum absolute atomic E-state index is 13.2. The molecule has 4 nitrogen and oxygen atoms in total. The van der Waals surface area contributed by atoms with Crippen LogP contribution in [-0.4, -0.2) is 46.0 Å². The Kier molecular flexibility index (Phi) is 3.86. The van der Waals surface area contributed by atoms with Gasteiger partial charge in [0.05, 0.1) is 4.88 Å². The highest BCUT2D eigenvalue weighted by atomic mass is 32.2. The van der Waals surface area contributed by atoms with Gasteiger partial charge in [-0.3, -0.25) is 4.79 Å². The van der Waals surface area contributed by atoms with Crippen molar-refractivity contribution in [1.29, 1.82) is 0 Å². The van der Waals surface area contributed by atoms with Gasteiger partial charge >= 0.3 is 5.97 Å². The second-order valence-electron chi connectivity index (χ2n) is 4.72. The van der Waals surface area contributed by atoms with Crippen LogP contribution in [0.3, 0.4) is 0 Å². The Morgan fingerprint density at radius 2 is 2.14 bits per heavy atom. The summed E-state index contributed by atoms with van der Waals surface area (Å²) in [4.78, 5) is 25.7. The largest absolute Gasteiger partial charge is 0.480 e. The number of fused-ring (bicyclic) bond motifs is 1. The average Bonchev–Trinajstić information content (AvgIpc) is 2.89. The first-order valence-electron chi connectivity index (χ1n) is 6.37. The van der Waals surface area contributed by atoms with E-state index in [-0.39, 0.29) is 11.7 Å². The first-order chi connectivity index (χ1) is 10.1. The Labute approximate surface area is 128 Å². The summed E-state index contributed by atoms with van der Waals surface area (Å²) in [7, 11) is 0. The van der Waals surface area contributed by atoms with E-state index >= 15 is 0 Å². The van der Waals surface area contributed by atoms with Gasteiger partial charge < -0.3 is 10.0 Å². The van der Waals surface area contributed by atoms with Gasteiger partial charge in [0.1, 0.15) is 11.9 Å². The van der Waals surface area contributed by atoms with E-state index in [1.807, 2.05) is 0 Å². The molecular formula is C14H12FNO3S2. The SMILES string of the molecule is O=C(O)C1CSCCN1C(=O)c1cc2ccc(F)cc2s1. The van der Waals surface area contributed by atoms with E-state index in [9.17, 15) is 19.1 Å². The summed E-state index contributed by atoms with van der Waals surface area (Å²) in [5.74, 6) is -0.483. The van der Waals surface area contributed by atoms with Crippen LogP contribution in [0.5, 0.6) is 0 Å². The van der Waals surface area contributed by atoms with Gasteiger partial charge in [-0.2, -0.15) is 11.8 Å². The van der Waals surface area contributed by atoms with Crippen LogP contribution in [-0.2, 0) is 4.79 Å². The number of thiophene rings is 1. The molecule has 0 spiro atoms. The Bertz CT molecular complexity index is 715. The predicted molar refractivity (Wildman–Crippen MR) is 81.6 cm³/mol. The number of aliphatic carboxylic acids is 1. The van der Waals surface area contributed by atoms with Gasteiger partial charge in [-0.1, -0.05) is 6.07 Å². The Morgan fingerprint density at radius 1 is 1.33 bits per heavy atom. The summed E-state index contributed by atoms with van der Waals surface area (Å²) in [5, 5.41) is 10.0. The molecule has 1 fully saturated rings. The first-order valence-corrected chi connectivity index (χ1v) is 8.34. The molecule has 0 radical (unpaired) electrons. The molecule has 1 amide bonds. The summed E-state index contributed by atoms with van der Waals surface area (Å²) in [5.41, 5.74) is 0. The van der Waals surface area contributed by atoms with E-state index < -0.39 is 12.0 Å². The van der Waals surface area contributed by atoms with E-state index in [0.29, 0.717) is 21.9 Å². The van der Waals surface area contributed by atoms with Crippen molar-refractivity contribution in [2.24, 2.45) is 0 Å². The summed E-state index contributed by atoms with van der Waals surface area (Å²) in [6.07, 6.45) is 0. The van der Waals surface area contributed by atoms with Gasteiger partial charge in [-0.05, 0) is 23.6 Å². The molecule has 0 bridgehead atoms. The Morgan fingerprint density at radius 3 is 2.90 bits per heavy atom. The molecule has 1 aromatic carbocycles. The highest BCUT2D eigenvalue weighted by molar-refractivity contribution is 7.99. The second kappa shape index (κ2) is 5.65. The second-order valence-corrected chi connectivity index (χ2v) is 6.95. The Balaban J connectivity index is 1.93. The molecular weight excluding hydrogens is 313 g/mol. The number of benzene rings is 1. The number of carboxylic acid groups (broad SMARTS) is 1. The van der Waals surface area contributed by atoms with Gasteiger partial charge in [0.15, 0.2) is 0 Å². The third kappa shape index (κ3) is 2.75. The molecule has 1 saturated heterocycles. The Hall–Kier alpha value is -1.60. The summed E-state index contributed by atoms with van der Waals surface area (Å²) >= 11 is 2.73. The van der Waals surface area contributed by atoms with Gasteiger partial charge in [-0.15, -0.1) is 11.3 Å². The van der Waals surface area contributed by atoms with Crippen molar-refractivity contribution in [3.05, 3.63) is 35.0 Å². The van der Waals surface area contributed by atoms with Crippen LogP contribution < -0.4 is 0 Å². The zero-order valence-electron chi connectivity index (χ0n) is 10.9. The van der Waals surface area contributed by atoms with E-state index in [4.69, 9.17) is 0 Å². The van der Waals surface area contributed by atoms with Gasteiger partial charge in [0.25, 0.3) is 5.91 Å². The van der Waals surface area contributed by atoms with Crippen molar-refractivity contribution in [1.82, 2.24) is 4.90 Å². The number of thioether (sulfide) groups is 1. The van der Waals surface area contributed by atoms with Gasteiger partial charge in [0.2, 0.25) is 0 Å². The predicted octanol–water partition coefficient (Wildman–Crippen LogP) is 2.68. The minimum Gasteiger partial charge on any atom is -0.480 e. The molecule has 1 atom stereocenters. The van der Waals surface area contributed by atoms with Crippen molar-refractivity contribution in [2.75, 3.05) is 18.1 Å².